The van der Waals surface area contributed by atoms with Gasteiger partial charge in [-0.05, 0) is 18.1 Å². The van der Waals surface area contributed by atoms with Crippen LogP contribution in [-0.2, 0) is 9.53 Å². The number of hydrogen-bond donors (Lipinski definition) is 2. The quantitative estimate of drug-likeness (QED) is 0.802. The molecule has 0 aliphatic carbocycles. The third-order valence-corrected chi connectivity index (χ3v) is 3.25. The first-order chi connectivity index (χ1) is 10.3. The average Bonchev–Trinajstić information content (AvgIpc) is 2.45. The molecule has 1 aromatic rings. The maximum Gasteiger partial charge on any atom is 0.340 e. The number of rotatable bonds is 5. The van der Waals surface area contributed by atoms with Crippen LogP contribution in [-0.4, -0.2) is 31.1 Å². The Labute approximate surface area is 138 Å². The van der Waals surface area contributed by atoms with Crippen LogP contribution in [0.5, 0.6) is 0 Å². The molecule has 1 aromatic carbocycles. The van der Waals surface area contributed by atoms with Gasteiger partial charge in [0.1, 0.15) is 0 Å². The van der Waals surface area contributed by atoms with E-state index in [4.69, 9.17) is 27.9 Å². The van der Waals surface area contributed by atoms with Crippen molar-refractivity contribution in [2.45, 2.75) is 13.8 Å². The molecule has 1 rings (SSSR count). The molecule has 0 saturated heterocycles. The monoisotopic (exact) mass is 346 g/mol. The summed E-state index contributed by atoms with van der Waals surface area (Å²) in [5.74, 6) is -1.29. The molecule has 0 aromatic heterocycles. The topological polar surface area (TPSA) is 84.5 Å². The molecule has 0 heterocycles. The number of urea groups is 1. The standard InChI is InChI=1S/C14H16Cl2N2O4/c1-8(2)6-17-14(21)18-11(19)7-22-13(20)9-4-3-5-10(15)12(9)16/h3-5,8H,6-7H2,1-2H3,(H2,17,18,19,21). The Morgan fingerprint density at radius 3 is 2.55 bits per heavy atom. The van der Waals surface area contributed by atoms with Gasteiger partial charge < -0.3 is 10.1 Å². The van der Waals surface area contributed by atoms with E-state index >= 15 is 0 Å². The van der Waals surface area contributed by atoms with Gasteiger partial charge in [-0.1, -0.05) is 43.1 Å². The van der Waals surface area contributed by atoms with Gasteiger partial charge in [0.25, 0.3) is 5.91 Å². The normalized spacial score (nSPS) is 10.2. The number of hydrogen-bond acceptors (Lipinski definition) is 4. The number of carbonyl (C=O) groups is 3. The zero-order chi connectivity index (χ0) is 16.7. The third kappa shape index (κ3) is 5.91. The largest absolute Gasteiger partial charge is 0.452 e. The molecule has 120 valence electrons. The van der Waals surface area contributed by atoms with Crippen molar-refractivity contribution < 1.29 is 19.1 Å². The molecule has 0 saturated carbocycles. The summed E-state index contributed by atoms with van der Waals surface area (Å²) < 4.78 is 4.78. The highest BCUT2D eigenvalue weighted by atomic mass is 35.5. The van der Waals surface area contributed by atoms with Crippen LogP contribution < -0.4 is 10.6 Å². The smallest absolute Gasteiger partial charge is 0.340 e. The Morgan fingerprint density at radius 2 is 1.91 bits per heavy atom. The molecule has 0 radical (unpaired) electrons. The molecule has 0 bridgehead atoms. The fraction of sp³-hybridized carbons (Fsp3) is 0.357. The van der Waals surface area contributed by atoms with Gasteiger partial charge in [0.15, 0.2) is 6.61 Å². The van der Waals surface area contributed by atoms with Crippen molar-refractivity contribution in [2.75, 3.05) is 13.2 Å². The highest BCUT2D eigenvalue weighted by Crippen LogP contribution is 2.25. The fourth-order valence-electron chi connectivity index (χ4n) is 1.37. The third-order valence-electron chi connectivity index (χ3n) is 2.43. The highest BCUT2D eigenvalue weighted by molar-refractivity contribution is 6.43. The molecule has 22 heavy (non-hydrogen) atoms. The van der Waals surface area contributed by atoms with Crippen molar-refractivity contribution in [1.29, 1.82) is 0 Å². The van der Waals surface area contributed by atoms with E-state index in [1.807, 2.05) is 19.2 Å². The molecule has 2 N–H and O–H groups in total. The summed E-state index contributed by atoms with van der Waals surface area (Å²) in [6.07, 6.45) is 0. The Kier molecular flexibility index (Phi) is 7.14. The second-order valence-corrected chi connectivity index (χ2v) is 5.61. The van der Waals surface area contributed by atoms with Crippen LogP contribution in [0.4, 0.5) is 4.79 Å². The number of ether oxygens (including phenoxy) is 1. The second-order valence-electron chi connectivity index (χ2n) is 4.83. The Hall–Kier alpha value is -1.79. The van der Waals surface area contributed by atoms with Crippen LogP contribution >= 0.6 is 23.2 Å². The number of imide groups is 1. The lowest BCUT2D eigenvalue weighted by Gasteiger charge is -2.09. The van der Waals surface area contributed by atoms with Crippen molar-refractivity contribution in [3.8, 4) is 0 Å². The molecular weight excluding hydrogens is 331 g/mol. The lowest BCUT2D eigenvalue weighted by atomic mass is 10.2. The first-order valence-corrected chi connectivity index (χ1v) is 7.25. The molecule has 0 aliphatic rings. The van der Waals surface area contributed by atoms with Crippen LogP contribution in [0.25, 0.3) is 0 Å². The van der Waals surface area contributed by atoms with Crippen molar-refractivity contribution in [3.05, 3.63) is 33.8 Å². The summed E-state index contributed by atoms with van der Waals surface area (Å²) in [5.41, 5.74) is 0.0474. The van der Waals surface area contributed by atoms with Gasteiger partial charge in [-0.2, -0.15) is 0 Å². The average molecular weight is 347 g/mol. The van der Waals surface area contributed by atoms with Crippen molar-refractivity contribution in [2.24, 2.45) is 5.92 Å². The molecule has 0 atom stereocenters. The lowest BCUT2D eigenvalue weighted by molar-refractivity contribution is -0.123. The van der Waals surface area contributed by atoms with E-state index in [1.54, 1.807) is 0 Å². The number of benzene rings is 1. The Morgan fingerprint density at radius 1 is 1.23 bits per heavy atom. The summed E-state index contributed by atoms with van der Waals surface area (Å²) in [6.45, 7) is 3.66. The van der Waals surface area contributed by atoms with E-state index in [0.29, 0.717) is 6.54 Å². The number of nitrogens with one attached hydrogen (secondary N) is 2. The van der Waals surface area contributed by atoms with E-state index in [1.165, 1.54) is 18.2 Å². The predicted octanol–water partition coefficient (Wildman–Crippen LogP) is 2.63. The first-order valence-electron chi connectivity index (χ1n) is 6.50. The first kappa shape index (κ1) is 18.3. The zero-order valence-electron chi connectivity index (χ0n) is 12.1. The zero-order valence-corrected chi connectivity index (χ0v) is 13.6. The SMILES string of the molecule is CC(C)CNC(=O)NC(=O)COC(=O)c1cccc(Cl)c1Cl. The fourth-order valence-corrected chi connectivity index (χ4v) is 1.75. The van der Waals surface area contributed by atoms with E-state index < -0.39 is 24.5 Å². The summed E-state index contributed by atoms with van der Waals surface area (Å²) in [4.78, 5) is 34.6. The van der Waals surface area contributed by atoms with Gasteiger partial charge in [0.05, 0.1) is 15.6 Å². The van der Waals surface area contributed by atoms with Gasteiger partial charge in [0, 0.05) is 6.54 Å². The van der Waals surface area contributed by atoms with E-state index in [9.17, 15) is 14.4 Å². The van der Waals surface area contributed by atoms with E-state index in [2.05, 4.69) is 5.32 Å². The number of halogens is 2. The molecule has 8 heteroatoms. The maximum absolute atomic E-state index is 11.8. The van der Waals surface area contributed by atoms with Crippen molar-refractivity contribution >= 4 is 41.1 Å². The number of esters is 1. The van der Waals surface area contributed by atoms with Gasteiger partial charge in [-0.3, -0.25) is 10.1 Å². The van der Waals surface area contributed by atoms with Gasteiger partial charge >= 0.3 is 12.0 Å². The van der Waals surface area contributed by atoms with Crippen LogP contribution in [0.1, 0.15) is 24.2 Å². The van der Waals surface area contributed by atoms with Gasteiger partial charge in [0.2, 0.25) is 0 Å². The number of carbonyl (C=O) groups excluding carboxylic acids is 3. The van der Waals surface area contributed by atoms with E-state index in [-0.39, 0.29) is 21.5 Å². The van der Waals surface area contributed by atoms with Crippen molar-refractivity contribution in [1.82, 2.24) is 10.6 Å². The van der Waals surface area contributed by atoms with Crippen LogP contribution in [0.3, 0.4) is 0 Å². The molecule has 0 unspecified atom stereocenters. The Balaban J connectivity index is 2.45. The lowest BCUT2D eigenvalue weighted by Crippen LogP contribution is -2.42. The van der Waals surface area contributed by atoms with Gasteiger partial charge in [-0.25, -0.2) is 9.59 Å². The van der Waals surface area contributed by atoms with Crippen LogP contribution in [0.15, 0.2) is 18.2 Å². The molecule has 6 nitrogen and oxygen atoms in total. The summed E-state index contributed by atoms with van der Waals surface area (Å²) in [7, 11) is 0. The second kappa shape index (κ2) is 8.60. The predicted molar refractivity (Wildman–Crippen MR) is 83.1 cm³/mol. The van der Waals surface area contributed by atoms with E-state index in [0.717, 1.165) is 0 Å². The number of amides is 3. The molecule has 3 amide bonds. The summed E-state index contributed by atoms with van der Waals surface area (Å²) >= 11 is 11.6. The summed E-state index contributed by atoms with van der Waals surface area (Å²) in [5, 5.41) is 4.79. The maximum atomic E-state index is 11.8. The van der Waals surface area contributed by atoms with Gasteiger partial charge in [-0.15, -0.1) is 0 Å². The highest BCUT2D eigenvalue weighted by Gasteiger charge is 2.16. The molecule has 0 fully saturated rings. The summed E-state index contributed by atoms with van der Waals surface area (Å²) in [6, 6.07) is 3.83. The molecular formula is C14H16Cl2N2O4. The molecule has 0 spiro atoms. The Bertz CT molecular complexity index is 576. The van der Waals surface area contributed by atoms with Crippen molar-refractivity contribution in [3.63, 3.8) is 0 Å². The minimum absolute atomic E-state index is 0.0456. The molecule has 0 aliphatic heterocycles. The van der Waals surface area contributed by atoms with Crippen LogP contribution in [0.2, 0.25) is 10.0 Å². The van der Waals surface area contributed by atoms with Crippen LogP contribution in [0, 0.1) is 5.92 Å². The minimum atomic E-state index is -0.801. The minimum Gasteiger partial charge on any atom is -0.452 e.